The number of carbonyl (C=O) groups is 1. The van der Waals surface area contributed by atoms with Crippen molar-refractivity contribution in [1.29, 1.82) is 0 Å². The Morgan fingerprint density at radius 3 is 2.36 bits per heavy atom. The van der Waals surface area contributed by atoms with E-state index in [1.54, 1.807) is 18.7 Å². The monoisotopic (exact) mass is 567 g/mol. The molecule has 0 radical (unpaired) electrons. The average Bonchev–Trinajstić information content (AvgIpc) is 3.28. The molecule has 1 N–H and O–H groups in total. The molecule has 39 heavy (non-hydrogen) atoms. The number of alkyl halides is 6. The maximum atomic E-state index is 13.8. The Kier molecular flexibility index (Phi) is 8.69. The fourth-order valence-electron chi connectivity index (χ4n) is 7.03. The van der Waals surface area contributed by atoms with Gasteiger partial charge in [0.1, 0.15) is 6.23 Å². The molecule has 2 saturated heterocycles. The number of halogens is 6. The van der Waals surface area contributed by atoms with Gasteiger partial charge >= 0.3 is 18.3 Å². The minimum atomic E-state index is -5.02. The van der Waals surface area contributed by atoms with Crippen LogP contribution in [0, 0.1) is 23.7 Å². The zero-order valence-electron chi connectivity index (χ0n) is 22.8. The van der Waals surface area contributed by atoms with E-state index in [2.05, 4.69) is 0 Å². The number of aliphatic hydroxyl groups excluding tert-OH is 1. The maximum absolute atomic E-state index is 13.8. The summed E-state index contributed by atoms with van der Waals surface area (Å²) in [5.74, 6) is -2.69. The van der Waals surface area contributed by atoms with Crippen molar-refractivity contribution in [3.63, 3.8) is 0 Å². The highest BCUT2D eigenvalue weighted by molar-refractivity contribution is 5.82. The molecule has 0 bridgehead atoms. The molecule has 3 fully saturated rings. The lowest BCUT2D eigenvalue weighted by Crippen LogP contribution is -2.56. The second-order valence-electron chi connectivity index (χ2n) is 11.9. The number of nitrogens with zero attached hydrogens (tertiary/aromatic N) is 3. The predicted molar refractivity (Wildman–Crippen MR) is 132 cm³/mol. The van der Waals surface area contributed by atoms with Crippen molar-refractivity contribution in [2.45, 2.75) is 83.7 Å². The van der Waals surface area contributed by atoms with Crippen molar-refractivity contribution in [3.05, 3.63) is 23.4 Å². The van der Waals surface area contributed by atoms with E-state index in [4.69, 9.17) is 4.74 Å². The summed E-state index contributed by atoms with van der Waals surface area (Å²) in [6.45, 7) is 8.85. The summed E-state index contributed by atoms with van der Waals surface area (Å²) < 4.78 is 87.1. The van der Waals surface area contributed by atoms with E-state index < -0.39 is 54.1 Å². The van der Waals surface area contributed by atoms with Crippen molar-refractivity contribution < 1.29 is 41.0 Å². The number of carbonyl (C=O) groups excluding carboxylic acids is 1. The van der Waals surface area contributed by atoms with Crippen molar-refractivity contribution in [2.24, 2.45) is 23.7 Å². The van der Waals surface area contributed by atoms with Crippen LogP contribution in [0.3, 0.4) is 0 Å². The number of rotatable bonds is 5. The first-order valence-corrected chi connectivity index (χ1v) is 13.7. The Bertz CT molecular complexity index is 965. The molecule has 0 aromatic carbocycles. The van der Waals surface area contributed by atoms with Gasteiger partial charge in [-0.3, -0.25) is 9.69 Å². The van der Waals surface area contributed by atoms with Crippen molar-refractivity contribution in [2.75, 3.05) is 32.8 Å². The topological polar surface area (TPSA) is 56.3 Å². The number of fused-ring (bicyclic) bond motifs is 1. The Labute approximate surface area is 225 Å². The molecule has 12 heteroatoms. The second kappa shape index (κ2) is 11.2. The second-order valence-corrected chi connectivity index (χ2v) is 11.9. The molecule has 4 rings (SSSR count). The number of allylic oxidation sites excluding steroid dienone is 2. The molecule has 5 unspecified atom stereocenters. The molecule has 1 aliphatic carbocycles. The van der Waals surface area contributed by atoms with Gasteiger partial charge in [-0.25, -0.2) is 0 Å². The molecule has 3 aliphatic heterocycles. The van der Waals surface area contributed by atoms with Gasteiger partial charge in [-0.15, -0.1) is 0 Å². The summed E-state index contributed by atoms with van der Waals surface area (Å²) in [7, 11) is 0. The van der Waals surface area contributed by atoms with Crippen molar-refractivity contribution in [1.82, 2.24) is 14.7 Å². The summed E-state index contributed by atoms with van der Waals surface area (Å²) in [5, 5.41) is 11.5. The number of hydrogen-bond acceptors (Lipinski definition) is 5. The first-order chi connectivity index (χ1) is 18.1. The van der Waals surface area contributed by atoms with Gasteiger partial charge in [0.05, 0.1) is 12.2 Å². The van der Waals surface area contributed by atoms with Gasteiger partial charge in [-0.05, 0) is 44.1 Å². The molecule has 1 saturated carbocycles. The number of aliphatic hydroxyl groups is 1. The highest BCUT2D eigenvalue weighted by atomic mass is 19.4. The summed E-state index contributed by atoms with van der Waals surface area (Å²) in [6.07, 6.45) is -7.43. The molecular formula is C27H39F6N3O3. The van der Waals surface area contributed by atoms with Gasteiger partial charge < -0.3 is 19.6 Å². The third-order valence-electron chi connectivity index (χ3n) is 9.00. The minimum absolute atomic E-state index is 0.0274. The Morgan fingerprint density at radius 1 is 1.10 bits per heavy atom. The zero-order chi connectivity index (χ0) is 28.9. The SMILES string of the molecule is CC(C)C1C[C@@H](N(C(=O)C(F)(F)F)[C@H]2CCOCC2C)CC1C(O)N1CCN2C(=CC(C(F)(F)F)=CC2C)C1. The summed E-state index contributed by atoms with van der Waals surface area (Å²) in [6, 6.07) is -1.76. The molecular weight excluding hydrogens is 528 g/mol. The number of hydrogen-bond donors (Lipinski definition) is 1. The lowest BCUT2D eigenvalue weighted by molar-refractivity contribution is -0.194. The molecule has 4 aliphatic rings. The molecule has 222 valence electrons. The van der Waals surface area contributed by atoms with Gasteiger partial charge in [0.2, 0.25) is 0 Å². The Morgan fingerprint density at radius 2 is 1.77 bits per heavy atom. The number of piperazine rings is 1. The fourth-order valence-corrected chi connectivity index (χ4v) is 7.03. The van der Waals surface area contributed by atoms with E-state index in [9.17, 15) is 36.2 Å². The summed E-state index contributed by atoms with van der Waals surface area (Å²) >= 11 is 0. The van der Waals surface area contributed by atoms with Gasteiger partial charge in [0.15, 0.2) is 0 Å². The van der Waals surface area contributed by atoms with Crippen molar-refractivity contribution in [3.8, 4) is 0 Å². The van der Waals surface area contributed by atoms with Gasteiger partial charge in [-0.2, -0.15) is 26.3 Å². The third-order valence-corrected chi connectivity index (χ3v) is 9.00. The molecule has 0 aromatic rings. The molecule has 0 aromatic heterocycles. The number of amides is 1. The van der Waals surface area contributed by atoms with Crippen LogP contribution in [0.1, 0.15) is 47.0 Å². The molecule has 6 nitrogen and oxygen atoms in total. The smallest absolute Gasteiger partial charge is 0.381 e. The average molecular weight is 568 g/mol. The van der Waals surface area contributed by atoms with Crippen LogP contribution in [0.15, 0.2) is 23.4 Å². The zero-order valence-corrected chi connectivity index (χ0v) is 22.8. The van der Waals surface area contributed by atoms with E-state index in [0.717, 1.165) is 11.0 Å². The highest BCUT2D eigenvalue weighted by Crippen LogP contribution is 2.45. The summed E-state index contributed by atoms with van der Waals surface area (Å²) in [4.78, 5) is 17.3. The largest absolute Gasteiger partial charge is 0.471 e. The fraction of sp³-hybridized carbons (Fsp3) is 0.815. The maximum Gasteiger partial charge on any atom is 0.471 e. The summed E-state index contributed by atoms with van der Waals surface area (Å²) in [5.41, 5.74) is -0.256. The van der Waals surface area contributed by atoms with Gasteiger partial charge in [0, 0.05) is 61.9 Å². The first-order valence-electron chi connectivity index (χ1n) is 13.7. The normalized spacial score (nSPS) is 33.5. The Balaban J connectivity index is 1.57. The van der Waals surface area contributed by atoms with Crippen LogP contribution in [0.2, 0.25) is 0 Å². The van der Waals surface area contributed by atoms with Crippen LogP contribution < -0.4 is 0 Å². The van der Waals surface area contributed by atoms with Crippen LogP contribution >= 0.6 is 0 Å². The van der Waals surface area contributed by atoms with E-state index in [0.29, 0.717) is 31.6 Å². The van der Waals surface area contributed by atoms with Crippen LogP contribution in [0.25, 0.3) is 0 Å². The van der Waals surface area contributed by atoms with E-state index in [1.807, 2.05) is 18.7 Å². The van der Waals surface area contributed by atoms with Gasteiger partial charge in [-0.1, -0.05) is 26.8 Å². The van der Waals surface area contributed by atoms with E-state index in [-0.39, 0.29) is 43.9 Å². The predicted octanol–water partition coefficient (Wildman–Crippen LogP) is 4.56. The molecule has 7 atom stereocenters. The molecule has 1 amide bonds. The molecule has 0 spiro atoms. The van der Waals surface area contributed by atoms with Crippen LogP contribution in [0.4, 0.5) is 26.3 Å². The van der Waals surface area contributed by atoms with Crippen molar-refractivity contribution >= 4 is 5.91 Å². The molecule has 3 heterocycles. The lowest BCUT2D eigenvalue weighted by Gasteiger charge is -2.46. The van der Waals surface area contributed by atoms with Crippen LogP contribution in [-0.4, -0.2) is 95.3 Å². The third kappa shape index (κ3) is 6.27. The Hall–Kier alpha value is -1.79. The number of ether oxygens (including phenoxy) is 1. The van der Waals surface area contributed by atoms with E-state index >= 15 is 0 Å². The lowest BCUT2D eigenvalue weighted by atomic mass is 9.84. The first kappa shape index (κ1) is 30.2. The van der Waals surface area contributed by atoms with E-state index in [1.165, 1.54) is 6.08 Å². The standard InChI is InChI=1S/C27H39F6N3O3/c1-15(2)21-11-19(36(25(38)27(31,32)33)23-5-8-39-14-16(23)3)12-22(21)24(37)34-6-7-35-17(4)9-18(26(28,29)30)10-20(35)13-34/h9-10,15-17,19,21-24,37H,5-8,11-14H2,1-4H3/t16?,17?,19-,21?,22?,23+,24?/m1/s1. The highest BCUT2D eigenvalue weighted by Gasteiger charge is 2.53. The minimum Gasteiger partial charge on any atom is -0.381 e. The van der Waals surface area contributed by atoms with Crippen LogP contribution in [0.5, 0.6) is 0 Å². The van der Waals surface area contributed by atoms with Gasteiger partial charge in [0.25, 0.3) is 0 Å². The quantitative estimate of drug-likeness (QED) is 0.494. The van der Waals surface area contributed by atoms with Crippen LogP contribution in [-0.2, 0) is 9.53 Å².